The van der Waals surface area contributed by atoms with Gasteiger partial charge in [-0.3, -0.25) is 10.1 Å². The summed E-state index contributed by atoms with van der Waals surface area (Å²) in [5, 5.41) is 0.990. The van der Waals surface area contributed by atoms with Crippen molar-refractivity contribution in [2.45, 2.75) is 5.38 Å². The molecule has 6 nitrogen and oxygen atoms in total. The Morgan fingerprint density at radius 1 is 1.15 bits per heavy atom. The summed E-state index contributed by atoms with van der Waals surface area (Å²) in [6.45, 7) is 0. The zero-order chi connectivity index (χ0) is 15.3. The Morgan fingerprint density at radius 2 is 1.70 bits per heavy atom. The maximum Gasteiger partial charge on any atom is 0.413 e. The van der Waals surface area contributed by atoms with Crippen molar-refractivity contribution in [2.24, 2.45) is 0 Å². The monoisotopic (exact) mass is 321 g/mol. The summed E-state index contributed by atoms with van der Waals surface area (Å²) in [4.78, 5) is 22.7. The van der Waals surface area contributed by atoms with Crippen LogP contribution in [0.1, 0.15) is 10.9 Å². The Bertz CT molecular complexity index is 521. The summed E-state index contributed by atoms with van der Waals surface area (Å²) in [5.41, 5.74) is 0.285. The number of rotatable bonds is 4. The highest BCUT2D eigenvalue weighted by Gasteiger charge is 2.24. The van der Waals surface area contributed by atoms with E-state index in [0.29, 0.717) is 11.5 Å². The third-order valence-electron chi connectivity index (χ3n) is 2.42. The highest BCUT2D eigenvalue weighted by Crippen LogP contribution is 2.37. The first-order valence-electron chi connectivity index (χ1n) is 5.38. The van der Waals surface area contributed by atoms with Crippen molar-refractivity contribution in [2.75, 3.05) is 21.3 Å². The zero-order valence-electron chi connectivity index (χ0n) is 11.0. The van der Waals surface area contributed by atoms with Crippen molar-refractivity contribution in [1.29, 1.82) is 0 Å². The van der Waals surface area contributed by atoms with Crippen molar-refractivity contribution in [3.63, 3.8) is 0 Å². The number of carbonyl (C=O) groups is 2. The number of methoxy groups -OCH3 is 3. The molecule has 20 heavy (non-hydrogen) atoms. The molecule has 1 atom stereocenters. The number of ether oxygens (including phenoxy) is 3. The molecular formula is C12H13Cl2NO5. The van der Waals surface area contributed by atoms with Gasteiger partial charge >= 0.3 is 6.09 Å². The quantitative estimate of drug-likeness (QED) is 0.862. The van der Waals surface area contributed by atoms with Crippen LogP contribution in [-0.2, 0) is 9.53 Å². The molecule has 1 unspecified atom stereocenters. The van der Waals surface area contributed by atoms with Gasteiger partial charge in [0.15, 0.2) is 11.5 Å². The molecular weight excluding hydrogens is 309 g/mol. The first-order chi connectivity index (χ1) is 9.44. The first-order valence-corrected chi connectivity index (χ1v) is 6.20. The van der Waals surface area contributed by atoms with Crippen LogP contribution in [0, 0.1) is 0 Å². The molecule has 0 aliphatic heterocycles. The van der Waals surface area contributed by atoms with E-state index >= 15 is 0 Å². The van der Waals surface area contributed by atoms with Crippen LogP contribution >= 0.6 is 23.2 Å². The Labute approximate surface area is 125 Å². The van der Waals surface area contributed by atoms with Crippen LogP contribution in [0.5, 0.6) is 11.5 Å². The van der Waals surface area contributed by atoms with Crippen molar-refractivity contribution < 1.29 is 23.8 Å². The largest absolute Gasteiger partial charge is 0.493 e. The Kier molecular flexibility index (Phi) is 5.91. The molecule has 0 bridgehead atoms. The van der Waals surface area contributed by atoms with Gasteiger partial charge in [-0.15, -0.1) is 11.6 Å². The number of halogens is 2. The van der Waals surface area contributed by atoms with Gasteiger partial charge in [-0.1, -0.05) is 11.6 Å². The molecule has 2 amide bonds. The number of nitrogens with one attached hydrogen (secondary N) is 1. The van der Waals surface area contributed by atoms with Crippen LogP contribution < -0.4 is 14.8 Å². The lowest BCUT2D eigenvalue weighted by Gasteiger charge is -2.14. The molecule has 0 radical (unpaired) electrons. The second kappa shape index (κ2) is 7.21. The number of carbonyl (C=O) groups excluding carboxylic acids is 2. The molecule has 110 valence electrons. The van der Waals surface area contributed by atoms with Gasteiger partial charge in [0.05, 0.1) is 21.3 Å². The normalized spacial score (nSPS) is 11.4. The zero-order valence-corrected chi connectivity index (χ0v) is 12.5. The third kappa shape index (κ3) is 3.68. The van der Waals surface area contributed by atoms with Gasteiger partial charge in [0, 0.05) is 16.7 Å². The van der Waals surface area contributed by atoms with Crippen molar-refractivity contribution >= 4 is 35.2 Å². The summed E-state index contributed by atoms with van der Waals surface area (Å²) in [5.74, 6) is 0.00884. The molecule has 0 saturated carbocycles. The number of imide groups is 1. The minimum Gasteiger partial charge on any atom is -0.493 e. The number of hydrogen-bond acceptors (Lipinski definition) is 5. The van der Waals surface area contributed by atoms with E-state index in [1.807, 2.05) is 5.32 Å². The standard InChI is InChI=1S/C12H13Cl2NO5/c1-18-8-4-6(7(13)5-9(8)19-2)10(14)11(16)15-12(17)20-3/h4-5,10H,1-3H3,(H,15,16,17). The van der Waals surface area contributed by atoms with E-state index in [1.165, 1.54) is 26.4 Å². The van der Waals surface area contributed by atoms with Gasteiger partial charge in [-0.2, -0.15) is 0 Å². The van der Waals surface area contributed by atoms with Gasteiger partial charge in [0.2, 0.25) is 0 Å². The number of alkyl carbamates (subject to hydrolysis) is 1. The summed E-state index contributed by atoms with van der Waals surface area (Å²) in [6, 6.07) is 2.94. The highest BCUT2D eigenvalue weighted by molar-refractivity contribution is 6.36. The van der Waals surface area contributed by atoms with E-state index in [9.17, 15) is 9.59 Å². The SMILES string of the molecule is COC(=O)NC(=O)C(Cl)c1cc(OC)c(OC)cc1Cl. The van der Waals surface area contributed by atoms with Crippen LogP contribution in [0.3, 0.4) is 0 Å². The number of hydrogen-bond donors (Lipinski definition) is 1. The summed E-state index contributed by atoms with van der Waals surface area (Å²) < 4.78 is 14.5. The molecule has 1 rings (SSSR count). The fraction of sp³-hybridized carbons (Fsp3) is 0.333. The molecule has 0 aliphatic rings. The van der Waals surface area contributed by atoms with Gasteiger partial charge in [0.1, 0.15) is 5.38 Å². The second-order valence-electron chi connectivity index (χ2n) is 3.57. The predicted octanol–water partition coefficient (Wildman–Crippen LogP) is 2.52. The van der Waals surface area contributed by atoms with Crippen molar-refractivity contribution in [3.8, 4) is 11.5 Å². The molecule has 0 heterocycles. The maximum absolute atomic E-state index is 11.7. The Hall–Kier alpha value is -1.66. The summed E-state index contributed by atoms with van der Waals surface area (Å²) in [7, 11) is 4.03. The molecule has 0 fully saturated rings. The molecule has 1 N–H and O–H groups in total. The first kappa shape index (κ1) is 16.4. The van der Waals surface area contributed by atoms with Crippen LogP contribution in [0.4, 0.5) is 4.79 Å². The molecule has 1 aromatic rings. The molecule has 0 spiro atoms. The van der Waals surface area contributed by atoms with E-state index < -0.39 is 17.4 Å². The van der Waals surface area contributed by atoms with Crippen LogP contribution in [0.15, 0.2) is 12.1 Å². The number of alkyl halides is 1. The highest BCUT2D eigenvalue weighted by atomic mass is 35.5. The molecule has 8 heteroatoms. The minimum absolute atomic E-state index is 0.211. The lowest BCUT2D eigenvalue weighted by Crippen LogP contribution is -2.32. The predicted molar refractivity (Wildman–Crippen MR) is 73.7 cm³/mol. The Balaban J connectivity index is 3.06. The average Bonchev–Trinajstić information content (AvgIpc) is 2.45. The molecule has 0 aromatic heterocycles. The van der Waals surface area contributed by atoms with E-state index in [1.54, 1.807) is 0 Å². The number of amides is 2. The molecule has 0 aliphatic carbocycles. The van der Waals surface area contributed by atoms with Crippen LogP contribution in [-0.4, -0.2) is 33.3 Å². The lowest BCUT2D eigenvalue weighted by atomic mass is 10.1. The van der Waals surface area contributed by atoms with Gasteiger partial charge in [0.25, 0.3) is 5.91 Å². The van der Waals surface area contributed by atoms with E-state index in [4.69, 9.17) is 32.7 Å². The fourth-order valence-corrected chi connectivity index (χ4v) is 1.97. The van der Waals surface area contributed by atoms with Gasteiger partial charge < -0.3 is 14.2 Å². The third-order valence-corrected chi connectivity index (χ3v) is 3.18. The van der Waals surface area contributed by atoms with Crippen LogP contribution in [0.25, 0.3) is 0 Å². The average molecular weight is 322 g/mol. The molecule has 1 aromatic carbocycles. The lowest BCUT2D eigenvalue weighted by molar-refractivity contribution is -0.120. The fourth-order valence-electron chi connectivity index (χ4n) is 1.42. The molecule has 0 saturated heterocycles. The van der Waals surface area contributed by atoms with E-state index in [0.717, 1.165) is 7.11 Å². The Morgan fingerprint density at radius 3 is 2.20 bits per heavy atom. The number of benzene rings is 1. The van der Waals surface area contributed by atoms with E-state index in [2.05, 4.69) is 4.74 Å². The maximum atomic E-state index is 11.7. The topological polar surface area (TPSA) is 73.9 Å². The summed E-state index contributed by atoms with van der Waals surface area (Å²) >= 11 is 12.0. The van der Waals surface area contributed by atoms with Crippen LogP contribution in [0.2, 0.25) is 5.02 Å². The smallest absolute Gasteiger partial charge is 0.413 e. The van der Waals surface area contributed by atoms with E-state index in [-0.39, 0.29) is 10.6 Å². The second-order valence-corrected chi connectivity index (χ2v) is 4.42. The summed E-state index contributed by atoms with van der Waals surface area (Å²) in [6.07, 6.45) is -0.905. The van der Waals surface area contributed by atoms with Crippen molar-refractivity contribution in [3.05, 3.63) is 22.7 Å². The van der Waals surface area contributed by atoms with Gasteiger partial charge in [-0.25, -0.2) is 4.79 Å². The van der Waals surface area contributed by atoms with Crippen molar-refractivity contribution in [1.82, 2.24) is 5.32 Å². The minimum atomic E-state index is -1.18. The van der Waals surface area contributed by atoms with Gasteiger partial charge in [-0.05, 0) is 6.07 Å².